The topological polar surface area (TPSA) is 109 Å². The number of anilines is 1. The highest BCUT2D eigenvalue weighted by molar-refractivity contribution is 5.88. The maximum atomic E-state index is 11.0. The molecule has 2 amide bonds. The van der Waals surface area contributed by atoms with E-state index in [4.69, 9.17) is 9.47 Å². The van der Waals surface area contributed by atoms with Gasteiger partial charge in [0, 0.05) is 39.2 Å². The fourth-order valence-electron chi connectivity index (χ4n) is 2.53. The van der Waals surface area contributed by atoms with E-state index in [0.29, 0.717) is 37.7 Å². The molecule has 0 saturated carbocycles. The lowest BCUT2D eigenvalue weighted by Gasteiger charge is -2.14. The van der Waals surface area contributed by atoms with Crippen LogP contribution in [-0.2, 0) is 16.1 Å². The van der Waals surface area contributed by atoms with E-state index in [-0.39, 0.29) is 18.4 Å². The highest BCUT2D eigenvalue weighted by Gasteiger charge is 2.05. The molecule has 0 bridgehead atoms. The molecule has 2 aromatic rings. The number of carbonyl (C=O) groups is 2. The summed E-state index contributed by atoms with van der Waals surface area (Å²) in [5, 5.41) is 18.6. The summed E-state index contributed by atoms with van der Waals surface area (Å²) in [6.45, 7) is 4.98. The molecule has 0 aliphatic heterocycles. The van der Waals surface area contributed by atoms with Gasteiger partial charge in [-0.15, -0.1) is 0 Å². The smallest absolute Gasteiger partial charge is 0.221 e. The number of hydrogen-bond acceptors (Lipinski definition) is 6. The van der Waals surface area contributed by atoms with Crippen molar-refractivity contribution in [1.82, 2.24) is 10.6 Å². The average Bonchev–Trinajstić information content (AvgIpc) is 2.72. The van der Waals surface area contributed by atoms with Crippen molar-refractivity contribution in [3.05, 3.63) is 54.1 Å². The van der Waals surface area contributed by atoms with Crippen molar-refractivity contribution in [2.45, 2.75) is 26.5 Å². The van der Waals surface area contributed by atoms with Crippen LogP contribution in [-0.4, -0.2) is 49.3 Å². The predicted molar refractivity (Wildman–Crippen MR) is 115 cm³/mol. The number of carbonyl (C=O) groups excluding carboxylic acids is 2. The molecule has 4 N–H and O–H groups in total. The molecule has 0 heterocycles. The number of benzene rings is 2. The first kappa shape index (κ1) is 23.2. The Balaban J connectivity index is 1.57. The van der Waals surface area contributed by atoms with Gasteiger partial charge in [0.2, 0.25) is 11.8 Å². The molecule has 0 spiro atoms. The Hall–Kier alpha value is -3.10. The number of nitrogens with one attached hydrogen (secondary N) is 3. The minimum Gasteiger partial charge on any atom is -0.492 e. The Kier molecular flexibility index (Phi) is 9.63. The number of rotatable bonds is 12. The second-order valence-corrected chi connectivity index (χ2v) is 6.78. The lowest BCUT2D eigenvalue weighted by Crippen LogP contribution is -2.33. The highest BCUT2D eigenvalue weighted by Crippen LogP contribution is 2.15. The monoisotopic (exact) mass is 415 g/mol. The lowest BCUT2D eigenvalue weighted by atomic mass is 10.2. The molecule has 30 heavy (non-hydrogen) atoms. The molecule has 1 unspecified atom stereocenters. The van der Waals surface area contributed by atoms with E-state index in [0.717, 1.165) is 11.3 Å². The molecule has 8 nitrogen and oxygen atoms in total. The van der Waals surface area contributed by atoms with E-state index >= 15 is 0 Å². The number of hydrogen-bond donors (Lipinski definition) is 4. The van der Waals surface area contributed by atoms with Crippen molar-refractivity contribution in [2.75, 3.05) is 31.6 Å². The third kappa shape index (κ3) is 9.40. The van der Waals surface area contributed by atoms with Gasteiger partial charge in [-0.3, -0.25) is 9.59 Å². The first-order chi connectivity index (χ1) is 14.4. The summed E-state index contributed by atoms with van der Waals surface area (Å²) >= 11 is 0. The number of ether oxygens (including phenoxy) is 2. The van der Waals surface area contributed by atoms with E-state index in [1.54, 1.807) is 24.3 Å². The van der Waals surface area contributed by atoms with Gasteiger partial charge >= 0.3 is 0 Å². The third-order valence-corrected chi connectivity index (χ3v) is 4.01. The van der Waals surface area contributed by atoms with Crippen LogP contribution >= 0.6 is 0 Å². The molecule has 0 aliphatic carbocycles. The summed E-state index contributed by atoms with van der Waals surface area (Å²) < 4.78 is 11.2. The maximum absolute atomic E-state index is 11.0. The van der Waals surface area contributed by atoms with E-state index in [9.17, 15) is 14.7 Å². The van der Waals surface area contributed by atoms with Gasteiger partial charge in [0.25, 0.3) is 0 Å². The Labute approximate surface area is 176 Å². The van der Waals surface area contributed by atoms with Gasteiger partial charge in [0.15, 0.2) is 0 Å². The predicted octanol–water partition coefficient (Wildman–Crippen LogP) is 1.69. The molecular weight excluding hydrogens is 386 g/mol. The molecule has 8 heteroatoms. The van der Waals surface area contributed by atoms with Crippen molar-refractivity contribution in [3.63, 3.8) is 0 Å². The molecule has 2 aromatic carbocycles. The third-order valence-electron chi connectivity index (χ3n) is 4.01. The van der Waals surface area contributed by atoms with E-state index in [1.165, 1.54) is 13.8 Å². The Morgan fingerprint density at radius 1 is 0.933 bits per heavy atom. The standard InChI is InChI=1S/C22H29N3O5/c1-16(26)24-13-18-3-7-22(8-4-18)30-15-20(28)14-23-11-12-29-21-9-5-19(6-10-21)25-17(2)27/h3-10,20,23,28H,11-15H2,1-2H3,(H,24,26)(H,25,27). The van der Waals surface area contributed by atoms with Gasteiger partial charge in [-0.25, -0.2) is 0 Å². The van der Waals surface area contributed by atoms with Crippen LogP contribution < -0.4 is 25.4 Å². The summed E-state index contributed by atoms with van der Waals surface area (Å²) in [5.41, 5.74) is 1.70. The summed E-state index contributed by atoms with van der Waals surface area (Å²) in [7, 11) is 0. The van der Waals surface area contributed by atoms with E-state index in [2.05, 4.69) is 16.0 Å². The SMILES string of the molecule is CC(=O)NCc1ccc(OCC(O)CNCCOc2ccc(NC(C)=O)cc2)cc1. The van der Waals surface area contributed by atoms with Crippen LogP contribution in [0.15, 0.2) is 48.5 Å². The second-order valence-electron chi connectivity index (χ2n) is 6.78. The molecule has 0 aromatic heterocycles. The molecule has 1 atom stereocenters. The second kappa shape index (κ2) is 12.5. The first-order valence-corrected chi connectivity index (χ1v) is 9.78. The summed E-state index contributed by atoms with van der Waals surface area (Å²) in [4.78, 5) is 21.9. The molecule has 0 radical (unpaired) electrons. The number of amides is 2. The fourth-order valence-corrected chi connectivity index (χ4v) is 2.53. The van der Waals surface area contributed by atoms with Crippen molar-refractivity contribution in [1.29, 1.82) is 0 Å². The largest absolute Gasteiger partial charge is 0.492 e. The zero-order chi connectivity index (χ0) is 21.8. The summed E-state index contributed by atoms with van der Waals surface area (Å²) in [6.07, 6.45) is -0.652. The lowest BCUT2D eigenvalue weighted by molar-refractivity contribution is -0.119. The van der Waals surface area contributed by atoms with E-state index < -0.39 is 6.10 Å². The Morgan fingerprint density at radius 2 is 1.57 bits per heavy atom. The zero-order valence-electron chi connectivity index (χ0n) is 17.3. The molecule has 162 valence electrons. The van der Waals surface area contributed by atoms with Gasteiger partial charge in [-0.1, -0.05) is 12.1 Å². The van der Waals surface area contributed by atoms with Crippen LogP contribution in [0.2, 0.25) is 0 Å². The normalized spacial score (nSPS) is 11.4. The Bertz CT molecular complexity index is 793. The van der Waals surface area contributed by atoms with Gasteiger partial charge in [0.1, 0.15) is 30.8 Å². The average molecular weight is 415 g/mol. The van der Waals surface area contributed by atoms with Crippen molar-refractivity contribution < 1.29 is 24.2 Å². The molecule has 0 fully saturated rings. The van der Waals surface area contributed by atoms with Crippen molar-refractivity contribution >= 4 is 17.5 Å². The summed E-state index contributed by atoms with van der Waals surface area (Å²) in [6, 6.07) is 14.5. The Morgan fingerprint density at radius 3 is 2.20 bits per heavy atom. The van der Waals surface area contributed by atoms with Crippen molar-refractivity contribution in [3.8, 4) is 11.5 Å². The van der Waals surface area contributed by atoms with Gasteiger partial charge in [-0.2, -0.15) is 0 Å². The zero-order valence-corrected chi connectivity index (χ0v) is 17.3. The number of aliphatic hydroxyl groups excluding tert-OH is 1. The fraction of sp³-hybridized carbons (Fsp3) is 0.364. The molecule has 0 saturated heterocycles. The van der Waals surface area contributed by atoms with Crippen LogP contribution in [0.4, 0.5) is 5.69 Å². The van der Waals surface area contributed by atoms with Gasteiger partial charge in [-0.05, 0) is 42.0 Å². The van der Waals surface area contributed by atoms with Crippen LogP contribution in [0, 0.1) is 0 Å². The molecule has 0 aliphatic rings. The van der Waals surface area contributed by atoms with Crippen molar-refractivity contribution in [2.24, 2.45) is 0 Å². The summed E-state index contributed by atoms with van der Waals surface area (Å²) in [5.74, 6) is 1.18. The quantitative estimate of drug-likeness (QED) is 0.393. The number of aliphatic hydroxyl groups is 1. The maximum Gasteiger partial charge on any atom is 0.221 e. The van der Waals surface area contributed by atoms with E-state index in [1.807, 2.05) is 24.3 Å². The van der Waals surface area contributed by atoms with Crippen LogP contribution in [0.1, 0.15) is 19.4 Å². The minimum absolute atomic E-state index is 0.0729. The van der Waals surface area contributed by atoms with Crippen LogP contribution in [0.25, 0.3) is 0 Å². The van der Waals surface area contributed by atoms with Gasteiger partial charge < -0.3 is 30.5 Å². The van der Waals surface area contributed by atoms with Crippen LogP contribution in [0.5, 0.6) is 11.5 Å². The van der Waals surface area contributed by atoms with Gasteiger partial charge in [0.05, 0.1) is 0 Å². The van der Waals surface area contributed by atoms with Crippen LogP contribution in [0.3, 0.4) is 0 Å². The first-order valence-electron chi connectivity index (χ1n) is 9.78. The minimum atomic E-state index is -0.652. The molecular formula is C22H29N3O5. The highest BCUT2D eigenvalue weighted by atomic mass is 16.5. The molecule has 2 rings (SSSR count).